The van der Waals surface area contributed by atoms with E-state index in [1.165, 1.54) is 23.6 Å². The van der Waals surface area contributed by atoms with Gasteiger partial charge in [0.05, 0.1) is 24.4 Å². The molecule has 0 saturated carbocycles. The number of hydrogen-bond donors (Lipinski definition) is 1. The average Bonchev–Trinajstić information content (AvgIpc) is 3.31. The van der Waals surface area contributed by atoms with Crippen LogP contribution in [0, 0.1) is 0 Å². The van der Waals surface area contributed by atoms with Gasteiger partial charge in [-0.25, -0.2) is 0 Å². The topological polar surface area (TPSA) is 96.5 Å². The molecule has 1 aliphatic heterocycles. The number of rotatable bonds is 4. The Morgan fingerprint density at radius 3 is 2.56 bits per heavy atom. The molecule has 1 unspecified atom stereocenters. The number of pyridine rings is 2. The Hall–Kier alpha value is -3.74. The third-order valence-electron chi connectivity index (χ3n) is 4.40. The molecule has 27 heavy (non-hydrogen) atoms. The highest BCUT2D eigenvalue weighted by Gasteiger charge is 2.46. The molecule has 1 N–H and O–H groups in total. The van der Waals surface area contributed by atoms with Crippen LogP contribution in [-0.2, 0) is 16.1 Å². The molecular formula is C20H15N3O4. The minimum atomic E-state index is -0.767. The van der Waals surface area contributed by atoms with E-state index in [2.05, 4.69) is 9.97 Å². The van der Waals surface area contributed by atoms with Crippen molar-refractivity contribution >= 4 is 17.4 Å². The van der Waals surface area contributed by atoms with E-state index in [9.17, 15) is 14.7 Å². The van der Waals surface area contributed by atoms with Gasteiger partial charge < -0.3 is 14.4 Å². The van der Waals surface area contributed by atoms with Gasteiger partial charge in [-0.2, -0.15) is 0 Å². The lowest BCUT2D eigenvalue weighted by Gasteiger charge is -2.24. The first-order valence-corrected chi connectivity index (χ1v) is 8.28. The Kier molecular flexibility index (Phi) is 4.25. The average molecular weight is 361 g/mol. The number of furan rings is 1. The van der Waals surface area contributed by atoms with Gasteiger partial charge in [0, 0.05) is 30.4 Å². The van der Waals surface area contributed by atoms with Crippen LogP contribution in [0.3, 0.4) is 0 Å². The molecule has 4 rings (SSSR count). The molecule has 3 aromatic heterocycles. The van der Waals surface area contributed by atoms with Gasteiger partial charge in [-0.3, -0.25) is 19.6 Å². The summed E-state index contributed by atoms with van der Waals surface area (Å²) in [6.45, 7) is 0.101. The van der Waals surface area contributed by atoms with E-state index in [-0.39, 0.29) is 17.9 Å². The zero-order valence-electron chi connectivity index (χ0n) is 14.1. The summed E-state index contributed by atoms with van der Waals surface area (Å²) >= 11 is 0. The second-order valence-corrected chi connectivity index (χ2v) is 6.03. The summed E-state index contributed by atoms with van der Waals surface area (Å²) in [7, 11) is 0. The Bertz CT molecular complexity index is 998. The highest BCUT2D eigenvalue weighted by Crippen LogP contribution is 2.39. The van der Waals surface area contributed by atoms with Crippen molar-refractivity contribution in [1.29, 1.82) is 0 Å². The molecule has 0 aromatic carbocycles. The first kappa shape index (κ1) is 16.7. The van der Waals surface area contributed by atoms with Gasteiger partial charge in [-0.1, -0.05) is 6.07 Å². The summed E-state index contributed by atoms with van der Waals surface area (Å²) in [6.07, 6.45) is 7.69. The number of likely N-dealkylation sites (tertiary alicyclic amines) is 1. The van der Waals surface area contributed by atoms with E-state index < -0.39 is 17.7 Å². The molecule has 1 amide bonds. The van der Waals surface area contributed by atoms with Gasteiger partial charge in [0.2, 0.25) is 0 Å². The van der Waals surface area contributed by atoms with Crippen LogP contribution in [-0.4, -0.2) is 31.7 Å². The fraction of sp³-hybridized carbons (Fsp3) is 0.100. The number of Topliss-reactive ketones (excluding diaryl/α,β-unsaturated/α-hetero) is 1. The van der Waals surface area contributed by atoms with Crippen LogP contribution in [0.4, 0.5) is 0 Å². The first-order valence-electron chi connectivity index (χ1n) is 8.28. The molecule has 1 saturated heterocycles. The van der Waals surface area contributed by atoms with E-state index in [4.69, 9.17) is 4.42 Å². The Labute approximate surface area is 154 Å². The number of aliphatic hydroxyl groups is 1. The molecule has 134 valence electrons. The third-order valence-corrected chi connectivity index (χ3v) is 4.40. The second-order valence-electron chi connectivity index (χ2n) is 6.03. The van der Waals surface area contributed by atoms with Gasteiger partial charge in [0.25, 0.3) is 11.7 Å². The van der Waals surface area contributed by atoms with Crippen LogP contribution in [0.2, 0.25) is 0 Å². The number of carbonyl (C=O) groups is 2. The van der Waals surface area contributed by atoms with Gasteiger partial charge in [0.15, 0.2) is 0 Å². The van der Waals surface area contributed by atoms with E-state index in [1.54, 1.807) is 48.8 Å². The van der Waals surface area contributed by atoms with Crippen molar-refractivity contribution < 1.29 is 19.1 Å². The number of aromatic nitrogens is 2. The van der Waals surface area contributed by atoms with Crippen LogP contribution in [0.1, 0.15) is 22.9 Å². The molecule has 0 spiro atoms. The molecule has 7 heteroatoms. The van der Waals surface area contributed by atoms with E-state index >= 15 is 0 Å². The highest BCUT2D eigenvalue weighted by atomic mass is 16.3. The monoisotopic (exact) mass is 361 g/mol. The fourth-order valence-electron chi connectivity index (χ4n) is 3.16. The van der Waals surface area contributed by atoms with Crippen molar-refractivity contribution in [3.05, 3.63) is 89.9 Å². The minimum absolute atomic E-state index is 0.0192. The summed E-state index contributed by atoms with van der Waals surface area (Å²) < 4.78 is 5.34. The Morgan fingerprint density at radius 1 is 1.07 bits per heavy atom. The Morgan fingerprint density at radius 2 is 1.89 bits per heavy atom. The summed E-state index contributed by atoms with van der Waals surface area (Å²) in [5, 5.41) is 10.8. The maximum absolute atomic E-state index is 12.8. The van der Waals surface area contributed by atoms with Gasteiger partial charge in [-0.05, 0) is 35.9 Å². The van der Waals surface area contributed by atoms with Crippen LogP contribution in [0.25, 0.3) is 5.76 Å². The van der Waals surface area contributed by atoms with Gasteiger partial charge in [0.1, 0.15) is 11.5 Å². The maximum atomic E-state index is 12.8. The van der Waals surface area contributed by atoms with Crippen LogP contribution in [0.5, 0.6) is 0 Å². The lowest BCUT2D eigenvalue weighted by atomic mass is 9.96. The molecule has 0 aliphatic carbocycles. The van der Waals surface area contributed by atoms with E-state index in [0.29, 0.717) is 16.9 Å². The number of hydrogen-bond acceptors (Lipinski definition) is 6. The summed E-state index contributed by atoms with van der Waals surface area (Å²) in [6, 6.07) is 9.31. The molecule has 0 radical (unpaired) electrons. The number of aliphatic hydroxyl groups excluding tert-OH is 1. The molecule has 1 atom stereocenters. The predicted octanol–water partition coefficient (Wildman–Crippen LogP) is 2.69. The van der Waals surface area contributed by atoms with Crippen molar-refractivity contribution in [3.8, 4) is 0 Å². The van der Waals surface area contributed by atoms with Crippen molar-refractivity contribution in [2.24, 2.45) is 0 Å². The van der Waals surface area contributed by atoms with Crippen molar-refractivity contribution in [3.63, 3.8) is 0 Å². The van der Waals surface area contributed by atoms with Crippen molar-refractivity contribution in [2.45, 2.75) is 12.6 Å². The van der Waals surface area contributed by atoms with E-state index in [1.807, 2.05) is 0 Å². The lowest BCUT2D eigenvalue weighted by molar-refractivity contribution is -0.140. The smallest absolute Gasteiger partial charge is 0.296 e. The van der Waals surface area contributed by atoms with Crippen LogP contribution >= 0.6 is 0 Å². The number of ketones is 1. The van der Waals surface area contributed by atoms with Crippen LogP contribution in [0.15, 0.2) is 77.4 Å². The first-order chi connectivity index (χ1) is 13.2. The highest BCUT2D eigenvalue weighted by molar-refractivity contribution is 6.46. The Balaban J connectivity index is 1.86. The van der Waals surface area contributed by atoms with Gasteiger partial charge in [-0.15, -0.1) is 0 Å². The van der Waals surface area contributed by atoms with Crippen molar-refractivity contribution in [1.82, 2.24) is 14.9 Å². The van der Waals surface area contributed by atoms with Crippen LogP contribution < -0.4 is 0 Å². The second kappa shape index (κ2) is 6.87. The van der Waals surface area contributed by atoms with Crippen molar-refractivity contribution in [2.75, 3.05) is 0 Å². The maximum Gasteiger partial charge on any atom is 0.296 e. The summed E-state index contributed by atoms with van der Waals surface area (Å²) in [5.74, 6) is -1.15. The number of amides is 1. The predicted molar refractivity (Wildman–Crippen MR) is 95.0 cm³/mol. The molecule has 4 heterocycles. The summed E-state index contributed by atoms with van der Waals surface area (Å²) in [4.78, 5) is 34.9. The zero-order chi connectivity index (χ0) is 18.8. The SMILES string of the molecule is O=C1C(=O)N(Cc2ccco2)C(c2cccnc2)/C1=C(/O)c1ccncc1. The third kappa shape index (κ3) is 2.99. The van der Waals surface area contributed by atoms with Gasteiger partial charge >= 0.3 is 0 Å². The normalized spacial score (nSPS) is 18.8. The quantitative estimate of drug-likeness (QED) is 0.436. The fourth-order valence-corrected chi connectivity index (χ4v) is 3.16. The zero-order valence-corrected chi connectivity index (χ0v) is 14.1. The largest absolute Gasteiger partial charge is 0.507 e. The van der Waals surface area contributed by atoms with E-state index in [0.717, 1.165) is 0 Å². The summed E-state index contributed by atoms with van der Waals surface area (Å²) in [5.41, 5.74) is 1.06. The number of carbonyl (C=O) groups excluding carboxylic acids is 2. The standard InChI is InChI=1S/C20H15N3O4/c24-18(13-5-8-21-9-6-13)16-17(14-3-1-7-22-11-14)23(20(26)19(16)25)12-15-4-2-10-27-15/h1-11,17,24H,12H2/b18-16-. The molecule has 3 aromatic rings. The molecule has 1 fully saturated rings. The minimum Gasteiger partial charge on any atom is -0.507 e. The lowest BCUT2D eigenvalue weighted by Crippen LogP contribution is -2.29. The number of nitrogens with zero attached hydrogens (tertiary/aromatic N) is 3. The molecular weight excluding hydrogens is 346 g/mol. The molecule has 0 bridgehead atoms. The molecule has 1 aliphatic rings. The molecule has 7 nitrogen and oxygen atoms in total.